The number of carbonyl (C=O) groups excluding carboxylic acids is 2. The molecule has 2 N–H and O–H groups in total. The van der Waals surface area contributed by atoms with E-state index in [2.05, 4.69) is 27.4 Å². The Hall–Kier alpha value is -3.46. The average Bonchev–Trinajstić information content (AvgIpc) is 3.17. The summed E-state index contributed by atoms with van der Waals surface area (Å²) in [6.07, 6.45) is 1.67. The molecule has 2 amide bonds. The van der Waals surface area contributed by atoms with Crippen LogP contribution in [0.15, 0.2) is 72.4 Å². The lowest BCUT2D eigenvalue weighted by Gasteiger charge is -2.09. The van der Waals surface area contributed by atoms with Crippen LogP contribution in [0.2, 0.25) is 0 Å². The standard InChI is InChI=1S/C22H22FN5O2S/c1-2-12-28-19(14-25-21(30)17-10-6-7-11-18(17)23)26-27-22(28)31-15-20(29)24-13-16-8-4-3-5-9-16/h2-11H,1,12-15H2,(H,24,29)(H,25,30). The minimum absolute atomic E-state index is 0.0398. The van der Waals surface area contributed by atoms with E-state index in [0.29, 0.717) is 24.1 Å². The van der Waals surface area contributed by atoms with Gasteiger partial charge in [0, 0.05) is 13.1 Å². The first-order valence-corrected chi connectivity index (χ1v) is 10.6. The van der Waals surface area contributed by atoms with Gasteiger partial charge < -0.3 is 15.2 Å². The van der Waals surface area contributed by atoms with Gasteiger partial charge in [-0.1, -0.05) is 60.3 Å². The average molecular weight is 440 g/mol. The van der Waals surface area contributed by atoms with E-state index < -0.39 is 11.7 Å². The molecule has 3 aromatic rings. The predicted molar refractivity (Wildman–Crippen MR) is 117 cm³/mol. The molecule has 31 heavy (non-hydrogen) atoms. The monoisotopic (exact) mass is 439 g/mol. The molecule has 3 rings (SSSR count). The minimum Gasteiger partial charge on any atom is -0.351 e. The number of amides is 2. The second-order valence-electron chi connectivity index (χ2n) is 6.51. The molecule has 0 aliphatic rings. The molecule has 0 fully saturated rings. The summed E-state index contributed by atoms with van der Waals surface area (Å²) >= 11 is 1.24. The second-order valence-corrected chi connectivity index (χ2v) is 7.45. The van der Waals surface area contributed by atoms with Gasteiger partial charge in [0.2, 0.25) is 5.91 Å². The number of benzene rings is 2. The zero-order valence-corrected chi connectivity index (χ0v) is 17.6. The molecular formula is C22H22FN5O2S. The quantitative estimate of drug-likeness (QED) is 0.375. The Balaban J connectivity index is 1.57. The van der Waals surface area contributed by atoms with Gasteiger partial charge in [-0.15, -0.1) is 16.8 Å². The fourth-order valence-corrected chi connectivity index (χ4v) is 3.54. The van der Waals surface area contributed by atoms with Gasteiger partial charge in [0.25, 0.3) is 5.91 Å². The van der Waals surface area contributed by atoms with Crippen LogP contribution in [-0.4, -0.2) is 32.3 Å². The van der Waals surface area contributed by atoms with Crippen molar-refractivity contribution >= 4 is 23.6 Å². The lowest BCUT2D eigenvalue weighted by atomic mass is 10.2. The van der Waals surface area contributed by atoms with Crippen molar-refractivity contribution in [3.05, 3.63) is 90.0 Å². The van der Waals surface area contributed by atoms with E-state index in [-0.39, 0.29) is 23.8 Å². The largest absolute Gasteiger partial charge is 0.351 e. The normalized spacial score (nSPS) is 10.5. The highest BCUT2D eigenvalue weighted by Crippen LogP contribution is 2.17. The summed E-state index contributed by atoms with van der Waals surface area (Å²) in [6.45, 7) is 4.65. The van der Waals surface area contributed by atoms with Gasteiger partial charge in [0.15, 0.2) is 11.0 Å². The lowest BCUT2D eigenvalue weighted by molar-refractivity contribution is -0.118. The van der Waals surface area contributed by atoms with Crippen molar-refractivity contribution in [3.63, 3.8) is 0 Å². The number of hydrogen-bond donors (Lipinski definition) is 2. The zero-order chi connectivity index (χ0) is 22.1. The predicted octanol–water partition coefficient (Wildman–Crippen LogP) is 2.94. The molecule has 0 aliphatic heterocycles. The molecule has 0 radical (unpaired) electrons. The van der Waals surface area contributed by atoms with Crippen LogP contribution in [-0.2, 0) is 24.4 Å². The number of nitrogens with zero attached hydrogens (tertiary/aromatic N) is 3. The third-order valence-electron chi connectivity index (χ3n) is 4.30. The van der Waals surface area contributed by atoms with Crippen LogP contribution in [0.25, 0.3) is 0 Å². The van der Waals surface area contributed by atoms with E-state index in [1.165, 1.54) is 30.0 Å². The molecule has 9 heteroatoms. The van der Waals surface area contributed by atoms with Gasteiger partial charge in [-0.3, -0.25) is 9.59 Å². The SMILES string of the molecule is C=CCn1c(CNC(=O)c2ccccc2F)nnc1SCC(=O)NCc1ccccc1. The van der Waals surface area contributed by atoms with Crippen molar-refractivity contribution in [2.45, 2.75) is 24.8 Å². The van der Waals surface area contributed by atoms with Crippen molar-refractivity contribution in [1.29, 1.82) is 0 Å². The first kappa shape index (κ1) is 22.2. The summed E-state index contributed by atoms with van der Waals surface area (Å²) in [7, 11) is 0. The van der Waals surface area contributed by atoms with Crippen LogP contribution in [0.3, 0.4) is 0 Å². The number of aromatic nitrogens is 3. The molecule has 160 valence electrons. The number of hydrogen-bond acceptors (Lipinski definition) is 5. The Labute approximate surface area is 183 Å². The summed E-state index contributed by atoms with van der Waals surface area (Å²) < 4.78 is 15.5. The Morgan fingerprint density at radius 1 is 1.03 bits per heavy atom. The molecule has 1 heterocycles. The number of nitrogens with one attached hydrogen (secondary N) is 2. The van der Waals surface area contributed by atoms with Gasteiger partial charge in [-0.25, -0.2) is 4.39 Å². The fourth-order valence-electron chi connectivity index (χ4n) is 2.75. The van der Waals surface area contributed by atoms with Crippen LogP contribution in [0.1, 0.15) is 21.7 Å². The highest BCUT2D eigenvalue weighted by atomic mass is 32.2. The van der Waals surface area contributed by atoms with Gasteiger partial charge in [0.05, 0.1) is 17.9 Å². The number of allylic oxidation sites excluding steroid dienone is 1. The second kappa shape index (κ2) is 11.1. The summed E-state index contributed by atoms with van der Waals surface area (Å²) in [4.78, 5) is 24.4. The van der Waals surface area contributed by atoms with Crippen LogP contribution in [0, 0.1) is 5.82 Å². The zero-order valence-electron chi connectivity index (χ0n) is 16.8. The highest BCUT2D eigenvalue weighted by molar-refractivity contribution is 7.99. The molecule has 0 saturated heterocycles. The summed E-state index contributed by atoms with van der Waals surface area (Å²) in [6, 6.07) is 15.4. The third kappa shape index (κ3) is 6.26. The first-order chi connectivity index (χ1) is 15.1. The summed E-state index contributed by atoms with van der Waals surface area (Å²) in [5.74, 6) is -0.608. The molecule has 0 aliphatic carbocycles. The van der Waals surface area contributed by atoms with Crippen molar-refractivity contribution in [2.75, 3.05) is 5.75 Å². The van der Waals surface area contributed by atoms with Gasteiger partial charge in [-0.2, -0.15) is 0 Å². The smallest absolute Gasteiger partial charge is 0.254 e. The van der Waals surface area contributed by atoms with Crippen molar-refractivity contribution < 1.29 is 14.0 Å². The number of carbonyl (C=O) groups is 2. The lowest BCUT2D eigenvalue weighted by Crippen LogP contribution is -2.26. The highest BCUT2D eigenvalue weighted by Gasteiger charge is 2.16. The van der Waals surface area contributed by atoms with E-state index in [0.717, 1.165) is 5.56 Å². The van der Waals surface area contributed by atoms with E-state index in [9.17, 15) is 14.0 Å². The Kier molecular flexibility index (Phi) is 7.94. The fraction of sp³-hybridized carbons (Fsp3) is 0.182. The minimum atomic E-state index is -0.592. The molecule has 2 aromatic carbocycles. The Morgan fingerprint density at radius 2 is 1.77 bits per heavy atom. The van der Waals surface area contributed by atoms with Crippen LogP contribution < -0.4 is 10.6 Å². The van der Waals surface area contributed by atoms with Crippen LogP contribution >= 0.6 is 11.8 Å². The maximum absolute atomic E-state index is 13.8. The molecular weight excluding hydrogens is 417 g/mol. The topological polar surface area (TPSA) is 88.9 Å². The maximum atomic E-state index is 13.8. The van der Waals surface area contributed by atoms with E-state index in [4.69, 9.17) is 0 Å². The molecule has 0 unspecified atom stereocenters. The van der Waals surface area contributed by atoms with Gasteiger partial charge in [-0.05, 0) is 17.7 Å². The van der Waals surface area contributed by atoms with E-state index >= 15 is 0 Å². The number of halogens is 1. The molecule has 1 aromatic heterocycles. The van der Waals surface area contributed by atoms with Gasteiger partial charge >= 0.3 is 0 Å². The summed E-state index contributed by atoms with van der Waals surface area (Å²) in [5, 5.41) is 14.3. The molecule has 0 spiro atoms. The van der Waals surface area contributed by atoms with E-state index in [1.807, 2.05) is 30.3 Å². The molecule has 0 bridgehead atoms. The van der Waals surface area contributed by atoms with Crippen molar-refractivity contribution in [1.82, 2.24) is 25.4 Å². The molecule has 7 nitrogen and oxygen atoms in total. The first-order valence-electron chi connectivity index (χ1n) is 9.57. The molecule has 0 saturated carbocycles. The number of thioether (sulfide) groups is 1. The van der Waals surface area contributed by atoms with Crippen LogP contribution in [0.4, 0.5) is 4.39 Å². The Bertz CT molecular complexity index is 1060. The van der Waals surface area contributed by atoms with Crippen LogP contribution in [0.5, 0.6) is 0 Å². The Morgan fingerprint density at radius 3 is 2.52 bits per heavy atom. The maximum Gasteiger partial charge on any atom is 0.254 e. The molecule has 0 atom stereocenters. The third-order valence-corrected chi connectivity index (χ3v) is 5.26. The van der Waals surface area contributed by atoms with Gasteiger partial charge in [0.1, 0.15) is 5.82 Å². The van der Waals surface area contributed by atoms with E-state index in [1.54, 1.807) is 16.7 Å². The van der Waals surface area contributed by atoms with Crippen molar-refractivity contribution in [2.24, 2.45) is 0 Å². The summed E-state index contributed by atoms with van der Waals surface area (Å²) in [5.41, 5.74) is 0.977. The number of rotatable bonds is 10. The van der Waals surface area contributed by atoms with Crippen molar-refractivity contribution in [3.8, 4) is 0 Å².